The van der Waals surface area contributed by atoms with Crippen molar-refractivity contribution in [3.63, 3.8) is 0 Å². The molecule has 4 N–H and O–H groups in total. The lowest BCUT2D eigenvalue weighted by Gasteiger charge is -2.30. The minimum atomic E-state index is -0.959. The number of halogens is 2. The first-order chi connectivity index (χ1) is 16.9. The van der Waals surface area contributed by atoms with Crippen molar-refractivity contribution in [3.05, 3.63) is 83.4 Å². The molecule has 0 saturated carbocycles. The van der Waals surface area contributed by atoms with Crippen LogP contribution in [0.3, 0.4) is 0 Å². The smallest absolute Gasteiger partial charge is 0.220 e. The van der Waals surface area contributed by atoms with Gasteiger partial charge in [-0.3, -0.25) is 9.48 Å². The van der Waals surface area contributed by atoms with E-state index in [9.17, 15) is 18.7 Å². The maximum atomic E-state index is 13.8. The van der Waals surface area contributed by atoms with E-state index in [1.807, 2.05) is 12.1 Å². The Labute approximate surface area is 204 Å². The van der Waals surface area contributed by atoms with Crippen molar-refractivity contribution in [2.75, 3.05) is 6.54 Å². The topological polar surface area (TPSA) is 106 Å². The van der Waals surface area contributed by atoms with Gasteiger partial charge in [0.05, 0.1) is 6.10 Å². The van der Waals surface area contributed by atoms with E-state index in [1.54, 1.807) is 11.0 Å². The molecule has 1 amide bonds. The Morgan fingerprint density at radius 1 is 1.14 bits per heavy atom. The molecule has 7 nitrogen and oxygen atoms in total. The number of primary amides is 1. The van der Waals surface area contributed by atoms with Crippen LogP contribution in [-0.4, -0.2) is 38.4 Å². The molecular weight excluding hydrogens is 452 g/mol. The molecule has 0 aliphatic carbocycles. The number of aliphatic hydroxyl groups excluding tert-OH is 1. The number of aliphatic hydroxyl groups is 1. The minimum Gasteiger partial charge on any atom is -0.391 e. The van der Waals surface area contributed by atoms with Crippen LogP contribution in [0.15, 0.2) is 55.1 Å². The molecule has 0 saturated heterocycles. The van der Waals surface area contributed by atoms with Crippen molar-refractivity contribution in [1.82, 2.24) is 20.1 Å². The first-order valence-electron chi connectivity index (χ1n) is 11.9. The molecule has 0 bridgehead atoms. The molecule has 2 aromatic carbocycles. The third-order valence-corrected chi connectivity index (χ3v) is 6.22. The largest absolute Gasteiger partial charge is 0.391 e. The molecule has 0 radical (unpaired) electrons. The molecule has 0 aliphatic heterocycles. The van der Waals surface area contributed by atoms with Gasteiger partial charge in [-0.15, -0.1) is 0 Å². The summed E-state index contributed by atoms with van der Waals surface area (Å²) in [6, 6.07) is 11.4. The number of benzene rings is 2. The maximum Gasteiger partial charge on any atom is 0.220 e. The van der Waals surface area contributed by atoms with E-state index >= 15 is 0 Å². The van der Waals surface area contributed by atoms with Gasteiger partial charge < -0.3 is 16.2 Å². The van der Waals surface area contributed by atoms with Gasteiger partial charge in [0.15, 0.2) is 0 Å². The highest BCUT2D eigenvalue weighted by Crippen LogP contribution is 2.27. The van der Waals surface area contributed by atoms with E-state index in [0.29, 0.717) is 31.5 Å². The molecule has 3 atom stereocenters. The van der Waals surface area contributed by atoms with Crippen molar-refractivity contribution in [1.29, 1.82) is 0 Å². The van der Waals surface area contributed by atoms with Crippen LogP contribution >= 0.6 is 0 Å². The molecule has 0 fully saturated rings. The lowest BCUT2D eigenvalue weighted by molar-refractivity contribution is -0.125. The third-order valence-electron chi connectivity index (χ3n) is 6.22. The van der Waals surface area contributed by atoms with Crippen LogP contribution in [0.25, 0.3) is 0 Å². The minimum absolute atomic E-state index is 0.111. The van der Waals surface area contributed by atoms with Crippen LogP contribution in [0, 0.1) is 23.5 Å². The van der Waals surface area contributed by atoms with Crippen molar-refractivity contribution in [2.45, 2.75) is 51.8 Å². The monoisotopic (exact) mass is 485 g/mol. The molecule has 3 unspecified atom stereocenters. The summed E-state index contributed by atoms with van der Waals surface area (Å²) in [5.74, 6) is -3.28. The summed E-state index contributed by atoms with van der Waals surface area (Å²) in [4.78, 5) is 16.3. The van der Waals surface area contributed by atoms with Crippen LogP contribution < -0.4 is 11.1 Å². The summed E-state index contributed by atoms with van der Waals surface area (Å²) in [5.41, 5.74) is 8.41. The Hall–Kier alpha value is -3.17. The van der Waals surface area contributed by atoms with Gasteiger partial charge in [-0.25, -0.2) is 13.8 Å². The van der Waals surface area contributed by atoms with E-state index < -0.39 is 35.5 Å². The highest BCUT2D eigenvalue weighted by Gasteiger charge is 2.32. The van der Waals surface area contributed by atoms with Crippen molar-refractivity contribution in [2.24, 2.45) is 17.6 Å². The number of aromatic nitrogens is 3. The Kier molecular flexibility index (Phi) is 9.86. The molecular formula is C26H33F2N5O2. The van der Waals surface area contributed by atoms with E-state index in [1.165, 1.54) is 24.0 Å². The van der Waals surface area contributed by atoms with Gasteiger partial charge >= 0.3 is 0 Å². The maximum absolute atomic E-state index is 13.8. The summed E-state index contributed by atoms with van der Waals surface area (Å²) < 4.78 is 29.3. The SMILES string of the molecule is CCc1cccc(CNCC(O)C(Cc2cc(F)cc(F)c2)C(CCCn2cncn2)C(N)=O)c1. The number of hydrogen-bond donors (Lipinski definition) is 3. The Balaban J connectivity index is 1.71. The van der Waals surface area contributed by atoms with Crippen LogP contribution in [-0.2, 0) is 30.7 Å². The van der Waals surface area contributed by atoms with Gasteiger partial charge in [0, 0.05) is 37.5 Å². The highest BCUT2D eigenvalue weighted by molar-refractivity contribution is 5.77. The second kappa shape index (κ2) is 13.1. The van der Waals surface area contributed by atoms with Crippen LogP contribution in [0.1, 0.15) is 36.5 Å². The zero-order valence-electron chi connectivity index (χ0n) is 19.9. The number of nitrogens with two attached hydrogens (primary N) is 1. The summed E-state index contributed by atoms with van der Waals surface area (Å²) in [7, 11) is 0. The molecule has 1 aromatic heterocycles. The lowest BCUT2D eigenvalue weighted by atomic mass is 9.79. The van der Waals surface area contributed by atoms with Gasteiger partial charge in [0.2, 0.25) is 5.91 Å². The highest BCUT2D eigenvalue weighted by atomic mass is 19.1. The molecule has 3 rings (SSSR count). The van der Waals surface area contributed by atoms with E-state index in [0.717, 1.165) is 18.1 Å². The number of rotatable bonds is 14. The number of carbonyl (C=O) groups excluding carboxylic acids is 1. The first kappa shape index (κ1) is 26.4. The van der Waals surface area contributed by atoms with Crippen molar-refractivity contribution in [3.8, 4) is 0 Å². The number of amides is 1. The second-order valence-electron chi connectivity index (χ2n) is 8.83. The van der Waals surface area contributed by atoms with Gasteiger partial charge in [0.1, 0.15) is 24.3 Å². The summed E-state index contributed by atoms with van der Waals surface area (Å²) >= 11 is 0. The Bertz CT molecular complexity index is 1060. The number of hydrogen-bond acceptors (Lipinski definition) is 5. The molecule has 188 valence electrons. The van der Waals surface area contributed by atoms with E-state index in [2.05, 4.69) is 34.5 Å². The average Bonchev–Trinajstić information content (AvgIpc) is 3.33. The number of nitrogens with zero attached hydrogens (tertiary/aromatic N) is 3. The summed E-state index contributed by atoms with van der Waals surface area (Å²) in [6.45, 7) is 3.36. The number of nitrogens with one attached hydrogen (secondary N) is 1. The number of carbonyl (C=O) groups is 1. The quantitative estimate of drug-likeness (QED) is 0.326. The predicted octanol–water partition coefficient (Wildman–Crippen LogP) is 3.01. The van der Waals surface area contributed by atoms with Crippen LogP contribution in [0.5, 0.6) is 0 Å². The predicted molar refractivity (Wildman–Crippen MR) is 129 cm³/mol. The van der Waals surface area contributed by atoms with Crippen molar-refractivity contribution < 1.29 is 18.7 Å². The van der Waals surface area contributed by atoms with Gasteiger partial charge in [-0.05, 0) is 54.5 Å². The lowest BCUT2D eigenvalue weighted by Crippen LogP contribution is -2.42. The third kappa shape index (κ3) is 8.22. The van der Waals surface area contributed by atoms with E-state index in [4.69, 9.17) is 5.73 Å². The molecule has 0 aliphatic rings. The molecule has 1 heterocycles. The van der Waals surface area contributed by atoms with Crippen molar-refractivity contribution >= 4 is 5.91 Å². The molecule has 9 heteroatoms. The fourth-order valence-electron chi connectivity index (χ4n) is 4.41. The van der Waals surface area contributed by atoms with E-state index in [-0.39, 0.29) is 13.0 Å². The average molecular weight is 486 g/mol. The molecule has 35 heavy (non-hydrogen) atoms. The summed E-state index contributed by atoms with van der Waals surface area (Å²) in [6.07, 6.45) is 4.07. The molecule has 0 spiro atoms. The zero-order valence-corrected chi connectivity index (χ0v) is 19.9. The summed E-state index contributed by atoms with van der Waals surface area (Å²) in [5, 5.41) is 18.4. The number of aryl methyl sites for hydroxylation is 2. The van der Waals surface area contributed by atoms with Crippen LogP contribution in [0.2, 0.25) is 0 Å². The zero-order chi connectivity index (χ0) is 25.2. The Morgan fingerprint density at radius 2 is 1.89 bits per heavy atom. The second-order valence-corrected chi connectivity index (χ2v) is 8.83. The fraction of sp³-hybridized carbons (Fsp3) is 0.423. The van der Waals surface area contributed by atoms with Gasteiger partial charge in [-0.2, -0.15) is 5.10 Å². The van der Waals surface area contributed by atoms with Gasteiger partial charge in [-0.1, -0.05) is 31.2 Å². The molecule has 3 aromatic rings. The normalized spacial score (nSPS) is 13.9. The fourth-order valence-corrected chi connectivity index (χ4v) is 4.41. The standard InChI is InChI=1S/C26H33F2N5O2/c1-2-18-5-3-6-19(9-18)14-30-15-25(34)24(12-20-10-21(27)13-22(28)11-20)23(26(29)35)7-4-8-33-17-31-16-32-33/h3,5-6,9-11,13,16-17,23-25,30,34H,2,4,7-8,12,14-15H2,1H3,(H2,29,35). The first-order valence-corrected chi connectivity index (χ1v) is 11.9. The van der Waals surface area contributed by atoms with Crippen LogP contribution in [0.4, 0.5) is 8.78 Å². The Morgan fingerprint density at radius 3 is 2.54 bits per heavy atom. The van der Waals surface area contributed by atoms with Gasteiger partial charge in [0.25, 0.3) is 0 Å².